The summed E-state index contributed by atoms with van der Waals surface area (Å²) in [4.78, 5) is 33.8. The lowest BCUT2D eigenvalue weighted by Gasteiger charge is -2.07. The Morgan fingerprint density at radius 2 is 2.00 bits per heavy atom. The minimum Gasteiger partial charge on any atom is -0.481 e. The quantitative estimate of drug-likeness (QED) is 0.597. The molecule has 0 aliphatic heterocycles. The lowest BCUT2D eigenvalue weighted by atomic mass is 10.2. The van der Waals surface area contributed by atoms with Gasteiger partial charge in [0, 0.05) is 26.2 Å². The molecule has 0 bridgehead atoms. The molecule has 0 saturated carbocycles. The maximum Gasteiger partial charge on any atom is 0.330 e. The second-order valence-corrected chi connectivity index (χ2v) is 5.19. The van der Waals surface area contributed by atoms with Crippen LogP contribution >= 0.6 is 22.6 Å². The Labute approximate surface area is 117 Å². The van der Waals surface area contributed by atoms with E-state index in [1.807, 2.05) is 22.6 Å². The Hall–Kier alpha value is -1.12. The zero-order valence-corrected chi connectivity index (χ0v) is 12.2. The van der Waals surface area contributed by atoms with Crippen molar-refractivity contribution in [2.45, 2.75) is 32.2 Å². The van der Waals surface area contributed by atoms with E-state index < -0.39 is 5.97 Å². The first kappa shape index (κ1) is 14.9. The van der Waals surface area contributed by atoms with Crippen LogP contribution in [0.15, 0.2) is 15.8 Å². The molecule has 0 unspecified atom stereocenters. The van der Waals surface area contributed by atoms with Crippen LogP contribution in [0.5, 0.6) is 0 Å². The third-order valence-electron chi connectivity index (χ3n) is 2.56. The molecule has 0 fully saturated rings. The van der Waals surface area contributed by atoms with Crippen molar-refractivity contribution in [2.24, 2.45) is 7.05 Å². The number of carboxylic acids is 1. The van der Waals surface area contributed by atoms with Crippen LogP contribution in [0.2, 0.25) is 0 Å². The molecular formula is C11H15IN2O4. The smallest absolute Gasteiger partial charge is 0.330 e. The van der Waals surface area contributed by atoms with E-state index in [0.717, 1.165) is 0 Å². The van der Waals surface area contributed by atoms with E-state index in [4.69, 9.17) is 5.11 Å². The van der Waals surface area contributed by atoms with Gasteiger partial charge in [0.15, 0.2) is 0 Å². The molecule has 1 rings (SSSR count). The zero-order chi connectivity index (χ0) is 13.7. The van der Waals surface area contributed by atoms with Gasteiger partial charge >= 0.3 is 11.7 Å². The van der Waals surface area contributed by atoms with Gasteiger partial charge in [0.2, 0.25) is 0 Å². The second-order valence-electron chi connectivity index (χ2n) is 4.03. The van der Waals surface area contributed by atoms with E-state index in [9.17, 15) is 14.4 Å². The highest BCUT2D eigenvalue weighted by Crippen LogP contribution is 2.01. The average Bonchev–Trinajstić information content (AvgIpc) is 2.30. The number of nitrogens with zero attached hydrogens (tertiary/aromatic N) is 2. The van der Waals surface area contributed by atoms with E-state index in [2.05, 4.69) is 0 Å². The van der Waals surface area contributed by atoms with Crippen molar-refractivity contribution < 1.29 is 9.90 Å². The third-order valence-corrected chi connectivity index (χ3v) is 3.30. The summed E-state index contributed by atoms with van der Waals surface area (Å²) in [6, 6.07) is 0. The van der Waals surface area contributed by atoms with Crippen molar-refractivity contribution in [3.63, 3.8) is 0 Å². The summed E-state index contributed by atoms with van der Waals surface area (Å²) < 4.78 is 3.07. The zero-order valence-electron chi connectivity index (χ0n) is 10.1. The Kier molecular flexibility index (Phi) is 5.57. The van der Waals surface area contributed by atoms with Crippen LogP contribution in [0.3, 0.4) is 0 Å². The van der Waals surface area contributed by atoms with Gasteiger partial charge in [-0.3, -0.25) is 14.2 Å². The molecule has 0 atom stereocenters. The Balaban J connectivity index is 2.66. The maximum absolute atomic E-state index is 11.8. The normalized spacial score (nSPS) is 10.6. The molecule has 0 amide bonds. The summed E-state index contributed by atoms with van der Waals surface area (Å²) in [5, 5.41) is 8.48. The maximum atomic E-state index is 11.8. The predicted molar refractivity (Wildman–Crippen MR) is 74.8 cm³/mol. The monoisotopic (exact) mass is 366 g/mol. The molecule has 0 aliphatic carbocycles. The molecule has 1 N–H and O–H groups in total. The summed E-state index contributed by atoms with van der Waals surface area (Å²) in [6.45, 7) is 0.335. The Morgan fingerprint density at radius 1 is 1.33 bits per heavy atom. The first-order valence-corrected chi connectivity index (χ1v) is 6.69. The number of halogens is 1. The van der Waals surface area contributed by atoms with Crippen LogP contribution < -0.4 is 11.2 Å². The van der Waals surface area contributed by atoms with Gasteiger partial charge in [0.1, 0.15) is 0 Å². The second kappa shape index (κ2) is 6.72. The summed E-state index contributed by atoms with van der Waals surface area (Å²) in [5.74, 6) is -0.822. The molecule has 6 nitrogen and oxygen atoms in total. The van der Waals surface area contributed by atoms with Crippen molar-refractivity contribution in [3.05, 3.63) is 30.6 Å². The van der Waals surface area contributed by atoms with Crippen molar-refractivity contribution >= 4 is 28.6 Å². The minimum absolute atomic E-state index is 0.124. The highest BCUT2D eigenvalue weighted by atomic mass is 127. The van der Waals surface area contributed by atoms with E-state index >= 15 is 0 Å². The first-order valence-electron chi connectivity index (χ1n) is 5.61. The van der Waals surface area contributed by atoms with Crippen LogP contribution in [0.1, 0.15) is 25.7 Å². The number of unbranched alkanes of at least 4 members (excludes halogenated alkanes) is 2. The van der Waals surface area contributed by atoms with Crippen molar-refractivity contribution in [3.8, 4) is 0 Å². The molecule has 1 aromatic heterocycles. The topological polar surface area (TPSA) is 81.3 Å². The lowest BCUT2D eigenvalue weighted by Crippen LogP contribution is -2.39. The largest absolute Gasteiger partial charge is 0.481 e. The molecule has 100 valence electrons. The first-order chi connectivity index (χ1) is 8.43. The number of aromatic nitrogens is 2. The van der Waals surface area contributed by atoms with Crippen molar-refractivity contribution in [1.82, 2.24) is 9.13 Å². The van der Waals surface area contributed by atoms with Gasteiger partial charge in [0.05, 0.1) is 3.57 Å². The summed E-state index contributed by atoms with van der Waals surface area (Å²) >= 11 is 1.90. The highest BCUT2D eigenvalue weighted by Gasteiger charge is 2.07. The SMILES string of the molecule is Cn1cc(I)c(=O)n(CCCCCC(=O)O)c1=O. The molecule has 0 aromatic carbocycles. The molecule has 1 heterocycles. The predicted octanol–water partition coefficient (Wildman–Crippen LogP) is 0.797. The van der Waals surface area contributed by atoms with Gasteiger partial charge in [-0.2, -0.15) is 0 Å². The van der Waals surface area contributed by atoms with Crippen LogP contribution in [0.4, 0.5) is 0 Å². The van der Waals surface area contributed by atoms with E-state index in [-0.39, 0.29) is 17.7 Å². The van der Waals surface area contributed by atoms with Gasteiger partial charge in [-0.25, -0.2) is 4.79 Å². The number of hydrogen-bond acceptors (Lipinski definition) is 3. The fourth-order valence-corrected chi connectivity index (χ4v) is 2.32. The molecule has 0 radical (unpaired) electrons. The standard InChI is InChI=1S/C11H15IN2O4/c1-13-7-8(12)10(17)14(11(13)18)6-4-2-3-5-9(15)16/h7H,2-6H2,1H3,(H,15,16). The molecule has 0 saturated heterocycles. The fourth-order valence-electron chi connectivity index (χ4n) is 1.61. The molecule has 0 spiro atoms. The van der Waals surface area contributed by atoms with Gasteiger partial charge in [0.25, 0.3) is 5.56 Å². The Morgan fingerprint density at radius 3 is 2.61 bits per heavy atom. The summed E-state index contributed by atoms with van der Waals surface area (Å²) in [7, 11) is 1.60. The fraction of sp³-hybridized carbons (Fsp3) is 0.545. The molecule has 7 heteroatoms. The lowest BCUT2D eigenvalue weighted by molar-refractivity contribution is -0.137. The van der Waals surface area contributed by atoms with E-state index in [0.29, 0.717) is 29.4 Å². The van der Waals surface area contributed by atoms with Crippen molar-refractivity contribution in [2.75, 3.05) is 0 Å². The third kappa shape index (κ3) is 3.97. The van der Waals surface area contributed by atoms with Gasteiger partial charge in [-0.15, -0.1) is 0 Å². The van der Waals surface area contributed by atoms with Crippen LogP contribution in [-0.4, -0.2) is 20.2 Å². The number of aliphatic carboxylic acids is 1. The van der Waals surface area contributed by atoms with Crippen LogP contribution in [0, 0.1) is 3.57 Å². The minimum atomic E-state index is -0.822. The van der Waals surface area contributed by atoms with Crippen molar-refractivity contribution in [1.29, 1.82) is 0 Å². The van der Waals surface area contributed by atoms with E-state index in [1.165, 1.54) is 15.3 Å². The number of aryl methyl sites for hydroxylation is 1. The number of hydrogen-bond donors (Lipinski definition) is 1. The molecule has 18 heavy (non-hydrogen) atoms. The van der Waals surface area contributed by atoms with Crippen LogP contribution in [-0.2, 0) is 18.4 Å². The molecule has 1 aromatic rings. The Bertz CT molecular complexity index is 513. The average molecular weight is 366 g/mol. The number of rotatable bonds is 6. The van der Waals surface area contributed by atoms with Gasteiger partial charge in [-0.05, 0) is 35.4 Å². The van der Waals surface area contributed by atoms with Gasteiger partial charge < -0.3 is 9.67 Å². The molecule has 0 aliphatic rings. The summed E-state index contributed by atoms with van der Waals surface area (Å²) in [6.07, 6.45) is 3.51. The number of carboxylic acid groups (broad SMARTS) is 1. The highest BCUT2D eigenvalue weighted by molar-refractivity contribution is 14.1. The number of carbonyl (C=O) groups is 1. The summed E-state index contributed by atoms with van der Waals surface area (Å²) in [5.41, 5.74) is -0.615. The van der Waals surface area contributed by atoms with Gasteiger partial charge in [-0.1, -0.05) is 6.42 Å². The van der Waals surface area contributed by atoms with Crippen LogP contribution in [0.25, 0.3) is 0 Å². The van der Waals surface area contributed by atoms with E-state index in [1.54, 1.807) is 7.05 Å². The molecular weight excluding hydrogens is 351 g/mol.